The van der Waals surface area contributed by atoms with Crippen LogP contribution >= 0.6 is 0 Å². The quantitative estimate of drug-likeness (QED) is 0.393. The molecule has 0 N–H and O–H groups in total. The zero-order valence-electron chi connectivity index (χ0n) is 19.0. The first-order valence-corrected chi connectivity index (χ1v) is 11.7. The van der Waals surface area contributed by atoms with Gasteiger partial charge in [-0.1, -0.05) is 79.7 Å². The lowest BCUT2D eigenvalue weighted by atomic mass is 9.89. The second-order valence-corrected chi connectivity index (χ2v) is 8.17. The van der Waals surface area contributed by atoms with E-state index in [0.29, 0.717) is 6.61 Å². The summed E-state index contributed by atoms with van der Waals surface area (Å²) in [6, 6.07) is 30.1. The number of hydrogen-bond acceptors (Lipinski definition) is 3. The number of benzene rings is 3. The zero-order chi connectivity index (χ0) is 22.0. The predicted octanol–water partition coefficient (Wildman–Crippen LogP) is 5.96. The first-order valence-electron chi connectivity index (χ1n) is 11.7. The van der Waals surface area contributed by atoms with Crippen molar-refractivity contribution in [1.82, 2.24) is 4.90 Å². The van der Waals surface area contributed by atoms with Gasteiger partial charge in [-0.15, -0.1) is 0 Å². The van der Waals surface area contributed by atoms with E-state index >= 15 is 0 Å². The Kier molecular flexibility index (Phi) is 8.13. The molecule has 1 aliphatic rings. The Labute approximate surface area is 192 Å². The standard InChI is InChI=1S/C29H33NO2/c1-2-28(29(25-11-7-4-8-12-25)23-24-9-5-3-6-10-24)26-13-15-27(16-14-26)32-22-19-30-17-20-31-21-18-30/h3-16H,2,17-23H2,1H3. The third kappa shape index (κ3) is 6.09. The average Bonchev–Trinajstić information content (AvgIpc) is 2.86. The van der Waals surface area contributed by atoms with Gasteiger partial charge < -0.3 is 9.47 Å². The molecule has 1 heterocycles. The van der Waals surface area contributed by atoms with Gasteiger partial charge in [-0.25, -0.2) is 0 Å². The molecule has 1 fully saturated rings. The van der Waals surface area contributed by atoms with Crippen LogP contribution in [-0.4, -0.2) is 44.4 Å². The number of rotatable bonds is 9. The third-order valence-corrected chi connectivity index (χ3v) is 6.05. The van der Waals surface area contributed by atoms with E-state index in [2.05, 4.69) is 96.8 Å². The summed E-state index contributed by atoms with van der Waals surface area (Å²) < 4.78 is 11.4. The number of hydrogen-bond donors (Lipinski definition) is 0. The number of nitrogens with zero attached hydrogens (tertiary/aromatic N) is 1. The van der Waals surface area contributed by atoms with Crippen molar-refractivity contribution in [2.24, 2.45) is 0 Å². The van der Waals surface area contributed by atoms with Crippen molar-refractivity contribution in [3.05, 3.63) is 102 Å². The lowest BCUT2D eigenvalue weighted by molar-refractivity contribution is 0.0322. The molecule has 166 valence electrons. The molecule has 3 aromatic rings. The van der Waals surface area contributed by atoms with E-state index in [1.165, 1.54) is 27.8 Å². The molecule has 1 saturated heterocycles. The topological polar surface area (TPSA) is 21.7 Å². The molecule has 0 aliphatic carbocycles. The van der Waals surface area contributed by atoms with Crippen LogP contribution in [0.15, 0.2) is 84.9 Å². The fraction of sp³-hybridized carbons (Fsp3) is 0.310. The summed E-state index contributed by atoms with van der Waals surface area (Å²) >= 11 is 0. The van der Waals surface area contributed by atoms with Crippen LogP contribution in [0, 0.1) is 0 Å². The highest BCUT2D eigenvalue weighted by molar-refractivity contribution is 5.91. The van der Waals surface area contributed by atoms with Crippen molar-refractivity contribution >= 4 is 11.1 Å². The maximum Gasteiger partial charge on any atom is 0.119 e. The molecular weight excluding hydrogens is 394 g/mol. The van der Waals surface area contributed by atoms with Crippen LogP contribution < -0.4 is 4.74 Å². The normalized spacial score (nSPS) is 15.3. The highest BCUT2D eigenvalue weighted by Gasteiger charge is 2.12. The van der Waals surface area contributed by atoms with Gasteiger partial charge in [-0.2, -0.15) is 0 Å². The first kappa shape index (κ1) is 22.3. The maximum absolute atomic E-state index is 6.02. The molecule has 32 heavy (non-hydrogen) atoms. The molecule has 0 bridgehead atoms. The Morgan fingerprint density at radius 3 is 2.06 bits per heavy atom. The molecule has 3 nitrogen and oxygen atoms in total. The summed E-state index contributed by atoms with van der Waals surface area (Å²) in [6.45, 7) is 7.55. The Hall–Kier alpha value is -2.88. The van der Waals surface area contributed by atoms with Crippen molar-refractivity contribution in [1.29, 1.82) is 0 Å². The lowest BCUT2D eigenvalue weighted by Gasteiger charge is -2.26. The third-order valence-electron chi connectivity index (χ3n) is 6.05. The van der Waals surface area contributed by atoms with Crippen LogP contribution in [0.25, 0.3) is 11.1 Å². The maximum atomic E-state index is 6.02. The van der Waals surface area contributed by atoms with E-state index in [0.717, 1.165) is 51.4 Å². The minimum atomic E-state index is 0.707. The minimum absolute atomic E-state index is 0.707. The Morgan fingerprint density at radius 2 is 1.41 bits per heavy atom. The first-order chi connectivity index (χ1) is 15.8. The van der Waals surface area contributed by atoms with Gasteiger partial charge in [0.1, 0.15) is 12.4 Å². The van der Waals surface area contributed by atoms with Gasteiger partial charge >= 0.3 is 0 Å². The van der Waals surface area contributed by atoms with Crippen molar-refractivity contribution in [3.63, 3.8) is 0 Å². The van der Waals surface area contributed by atoms with Crippen LogP contribution in [0.2, 0.25) is 0 Å². The second kappa shape index (κ2) is 11.7. The molecule has 0 atom stereocenters. The van der Waals surface area contributed by atoms with Crippen LogP contribution in [0.4, 0.5) is 0 Å². The lowest BCUT2D eigenvalue weighted by Crippen LogP contribution is -2.38. The Morgan fingerprint density at radius 1 is 0.781 bits per heavy atom. The molecule has 0 saturated carbocycles. The van der Waals surface area contributed by atoms with Crippen molar-refractivity contribution < 1.29 is 9.47 Å². The Balaban J connectivity index is 1.52. The molecular formula is C29H33NO2. The summed E-state index contributed by atoms with van der Waals surface area (Å²) in [5.74, 6) is 0.932. The fourth-order valence-corrected chi connectivity index (χ4v) is 4.28. The summed E-state index contributed by atoms with van der Waals surface area (Å²) in [5.41, 5.74) is 6.67. The molecule has 0 aromatic heterocycles. The number of ether oxygens (including phenoxy) is 2. The molecule has 0 amide bonds. The monoisotopic (exact) mass is 427 g/mol. The summed E-state index contributed by atoms with van der Waals surface area (Å²) in [7, 11) is 0. The predicted molar refractivity (Wildman–Crippen MR) is 133 cm³/mol. The van der Waals surface area contributed by atoms with Crippen molar-refractivity contribution in [2.75, 3.05) is 39.5 Å². The molecule has 0 spiro atoms. The van der Waals surface area contributed by atoms with E-state index < -0.39 is 0 Å². The van der Waals surface area contributed by atoms with Gasteiger partial charge in [0, 0.05) is 19.6 Å². The number of allylic oxidation sites excluding steroid dienone is 2. The summed E-state index contributed by atoms with van der Waals surface area (Å²) in [5, 5.41) is 0. The molecule has 3 heteroatoms. The molecule has 1 aliphatic heterocycles. The van der Waals surface area contributed by atoms with Gasteiger partial charge in [-0.3, -0.25) is 4.90 Å². The van der Waals surface area contributed by atoms with Gasteiger partial charge in [0.2, 0.25) is 0 Å². The highest BCUT2D eigenvalue weighted by Crippen LogP contribution is 2.32. The van der Waals surface area contributed by atoms with Gasteiger partial charge in [-0.05, 0) is 52.8 Å². The molecule has 0 unspecified atom stereocenters. The van der Waals surface area contributed by atoms with Gasteiger partial charge in [0.05, 0.1) is 13.2 Å². The second-order valence-electron chi connectivity index (χ2n) is 8.17. The highest BCUT2D eigenvalue weighted by atomic mass is 16.5. The van der Waals surface area contributed by atoms with Crippen molar-refractivity contribution in [2.45, 2.75) is 19.8 Å². The van der Waals surface area contributed by atoms with E-state index in [1.54, 1.807) is 0 Å². The smallest absolute Gasteiger partial charge is 0.119 e. The van der Waals surface area contributed by atoms with Gasteiger partial charge in [0.25, 0.3) is 0 Å². The van der Waals surface area contributed by atoms with E-state index in [4.69, 9.17) is 9.47 Å². The minimum Gasteiger partial charge on any atom is -0.492 e. The largest absolute Gasteiger partial charge is 0.492 e. The van der Waals surface area contributed by atoms with E-state index in [1.807, 2.05) is 0 Å². The number of morpholine rings is 1. The van der Waals surface area contributed by atoms with Crippen LogP contribution in [0.5, 0.6) is 5.75 Å². The van der Waals surface area contributed by atoms with Gasteiger partial charge in [0.15, 0.2) is 0 Å². The Bertz CT molecular complexity index is 975. The van der Waals surface area contributed by atoms with Crippen molar-refractivity contribution in [3.8, 4) is 5.75 Å². The SMILES string of the molecule is CCC(=C(Cc1ccccc1)c1ccccc1)c1ccc(OCCN2CCOCC2)cc1. The zero-order valence-corrected chi connectivity index (χ0v) is 19.0. The fourth-order valence-electron chi connectivity index (χ4n) is 4.28. The molecule has 4 rings (SSSR count). The molecule has 0 radical (unpaired) electrons. The van der Waals surface area contributed by atoms with Crippen LogP contribution in [-0.2, 0) is 11.2 Å². The molecule has 3 aromatic carbocycles. The van der Waals surface area contributed by atoms with Crippen LogP contribution in [0.3, 0.4) is 0 Å². The summed E-state index contributed by atoms with van der Waals surface area (Å²) in [6.07, 6.45) is 1.90. The van der Waals surface area contributed by atoms with Crippen LogP contribution in [0.1, 0.15) is 30.0 Å². The average molecular weight is 428 g/mol. The van der Waals surface area contributed by atoms with E-state index in [9.17, 15) is 0 Å². The van der Waals surface area contributed by atoms with E-state index in [-0.39, 0.29) is 0 Å². The summed E-state index contributed by atoms with van der Waals surface area (Å²) in [4.78, 5) is 2.39.